The third-order valence-corrected chi connectivity index (χ3v) is 5.37. The first-order valence-electron chi connectivity index (χ1n) is 9.47. The minimum Gasteiger partial charge on any atom is -0.206 e. The lowest BCUT2D eigenvalue weighted by Crippen LogP contribution is -2.06. The highest BCUT2D eigenvalue weighted by Crippen LogP contribution is 2.38. The van der Waals surface area contributed by atoms with Gasteiger partial charge in [-0.25, -0.2) is 13.2 Å². The van der Waals surface area contributed by atoms with E-state index in [2.05, 4.69) is 25.1 Å². The molecule has 0 saturated carbocycles. The van der Waals surface area contributed by atoms with Crippen molar-refractivity contribution in [3.63, 3.8) is 0 Å². The van der Waals surface area contributed by atoms with Crippen molar-refractivity contribution in [1.29, 1.82) is 0 Å². The van der Waals surface area contributed by atoms with Crippen LogP contribution in [0.25, 0.3) is 22.3 Å². The van der Waals surface area contributed by atoms with E-state index in [1.54, 1.807) is 6.07 Å². The number of benzene rings is 3. The minimum absolute atomic E-state index is 0.315. The zero-order valence-corrected chi connectivity index (χ0v) is 15.3. The average Bonchev–Trinajstić information content (AvgIpc) is 2.68. The molecular formula is C24H21F3. The summed E-state index contributed by atoms with van der Waals surface area (Å²) in [6, 6.07) is 13.3. The van der Waals surface area contributed by atoms with Gasteiger partial charge in [-0.1, -0.05) is 37.6 Å². The summed E-state index contributed by atoms with van der Waals surface area (Å²) in [4.78, 5) is 0. The van der Waals surface area contributed by atoms with Crippen LogP contribution in [-0.4, -0.2) is 0 Å². The highest BCUT2D eigenvalue weighted by molar-refractivity contribution is 5.78. The molecule has 138 valence electrons. The van der Waals surface area contributed by atoms with Gasteiger partial charge >= 0.3 is 0 Å². The van der Waals surface area contributed by atoms with Gasteiger partial charge in [0.15, 0.2) is 11.6 Å². The molecule has 0 radical (unpaired) electrons. The van der Waals surface area contributed by atoms with Gasteiger partial charge in [0.2, 0.25) is 0 Å². The van der Waals surface area contributed by atoms with Crippen LogP contribution in [0.15, 0.2) is 48.5 Å². The fourth-order valence-electron chi connectivity index (χ4n) is 3.88. The van der Waals surface area contributed by atoms with E-state index in [-0.39, 0.29) is 0 Å². The van der Waals surface area contributed by atoms with E-state index in [0.717, 1.165) is 54.5 Å². The normalized spacial score (nSPS) is 12.6. The van der Waals surface area contributed by atoms with Crippen molar-refractivity contribution in [2.45, 2.75) is 39.0 Å². The fourth-order valence-corrected chi connectivity index (χ4v) is 3.88. The Balaban J connectivity index is 1.75. The molecule has 0 heterocycles. The van der Waals surface area contributed by atoms with E-state index in [9.17, 15) is 13.2 Å². The number of rotatable bonds is 4. The molecule has 3 aromatic carbocycles. The summed E-state index contributed by atoms with van der Waals surface area (Å²) in [7, 11) is 0. The predicted octanol–water partition coefficient (Wildman–Crippen LogP) is 6.88. The van der Waals surface area contributed by atoms with Crippen LogP contribution < -0.4 is 0 Å². The van der Waals surface area contributed by atoms with Crippen LogP contribution in [0.5, 0.6) is 0 Å². The van der Waals surface area contributed by atoms with Crippen molar-refractivity contribution in [1.82, 2.24) is 0 Å². The van der Waals surface area contributed by atoms with E-state index >= 15 is 0 Å². The largest absolute Gasteiger partial charge is 0.206 e. The van der Waals surface area contributed by atoms with Crippen molar-refractivity contribution in [2.75, 3.05) is 0 Å². The molecule has 0 spiro atoms. The predicted molar refractivity (Wildman–Crippen MR) is 103 cm³/mol. The first kappa shape index (κ1) is 17.8. The molecule has 3 heteroatoms. The van der Waals surface area contributed by atoms with Crippen LogP contribution in [0.4, 0.5) is 13.2 Å². The van der Waals surface area contributed by atoms with Gasteiger partial charge in [-0.3, -0.25) is 0 Å². The maximum absolute atomic E-state index is 14.8. The van der Waals surface area contributed by atoms with Crippen LogP contribution in [0.3, 0.4) is 0 Å². The molecule has 3 aromatic rings. The summed E-state index contributed by atoms with van der Waals surface area (Å²) in [5, 5.41) is 0. The minimum atomic E-state index is -0.963. The maximum Gasteiger partial charge on any atom is 0.159 e. The summed E-state index contributed by atoms with van der Waals surface area (Å²) in [5.41, 5.74) is 6.29. The zero-order valence-electron chi connectivity index (χ0n) is 15.3. The molecule has 0 nitrogen and oxygen atoms in total. The Morgan fingerprint density at radius 3 is 2.22 bits per heavy atom. The molecule has 0 bridgehead atoms. The SMILES string of the molecule is CCCCc1ccc2c(c1)CCc1cc(-c3ccc(F)c(F)c3)c(F)cc1-2. The van der Waals surface area contributed by atoms with E-state index in [4.69, 9.17) is 0 Å². The van der Waals surface area contributed by atoms with Gasteiger partial charge in [-0.2, -0.15) is 0 Å². The van der Waals surface area contributed by atoms with E-state index in [1.165, 1.54) is 29.7 Å². The Hall–Kier alpha value is -2.55. The molecule has 0 aromatic heterocycles. The molecule has 0 amide bonds. The molecule has 0 unspecified atom stereocenters. The Morgan fingerprint density at radius 1 is 0.704 bits per heavy atom. The number of fused-ring (bicyclic) bond motifs is 3. The molecule has 0 N–H and O–H groups in total. The van der Waals surface area contributed by atoms with E-state index < -0.39 is 17.5 Å². The van der Waals surface area contributed by atoms with Crippen LogP contribution in [0.1, 0.15) is 36.5 Å². The third kappa shape index (κ3) is 3.39. The highest BCUT2D eigenvalue weighted by atomic mass is 19.2. The first-order valence-corrected chi connectivity index (χ1v) is 9.47. The van der Waals surface area contributed by atoms with Gasteiger partial charge in [0.1, 0.15) is 5.82 Å². The van der Waals surface area contributed by atoms with Gasteiger partial charge in [0.25, 0.3) is 0 Å². The van der Waals surface area contributed by atoms with Crippen molar-refractivity contribution in [3.8, 4) is 22.3 Å². The van der Waals surface area contributed by atoms with Crippen molar-refractivity contribution in [2.24, 2.45) is 0 Å². The van der Waals surface area contributed by atoms with Gasteiger partial charge in [0.05, 0.1) is 0 Å². The Bertz CT molecular complexity index is 1000. The first-order chi connectivity index (χ1) is 13.1. The summed E-state index contributed by atoms with van der Waals surface area (Å²) < 4.78 is 41.6. The smallest absolute Gasteiger partial charge is 0.159 e. The fraction of sp³-hybridized carbons (Fsp3) is 0.250. The van der Waals surface area contributed by atoms with Crippen LogP contribution in [-0.2, 0) is 19.3 Å². The second kappa shape index (κ2) is 7.22. The molecule has 0 fully saturated rings. The molecule has 27 heavy (non-hydrogen) atoms. The number of halogens is 3. The number of aryl methyl sites for hydroxylation is 3. The lowest BCUT2D eigenvalue weighted by molar-refractivity contribution is 0.509. The molecule has 0 atom stereocenters. The van der Waals surface area contributed by atoms with Gasteiger partial charge in [-0.15, -0.1) is 0 Å². The molecule has 0 saturated heterocycles. The number of hydrogen-bond donors (Lipinski definition) is 0. The standard InChI is InChI=1S/C24H21F3/c1-2-3-4-15-5-9-19-16(11-15)6-7-17-12-21(23(26)14-20(17)19)18-8-10-22(25)24(27)13-18/h5,8-14H,2-4,6-7H2,1H3. The second-order valence-electron chi connectivity index (χ2n) is 7.21. The maximum atomic E-state index is 14.8. The number of unbranched alkanes of at least 4 members (excludes halogenated alkanes) is 1. The second-order valence-corrected chi connectivity index (χ2v) is 7.21. The lowest BCUT2D eigenvalue weighted by Gasteiger charge is -2.22. The van der Waals surface area contributed by atoms with Crippen molar-refractivity contribution >= 4 is 0 Å². The summed E-state index contributed by atoms with van der Waals surface area (Å²) in [6.45, 7) is 2.18. The monoisotopic (exact) mass is 366 g/mol. The lowest BCUT2D eigenvalue weighted by atomic mass is 9.83. The van der Waals surface area contributed by atoms with E-state index in [1.807, 2.05) is 0 Å². The Morgan fingerprint density at radius 2 is 1.48 bits per heavy atom. The quantitative estimate of drug-likeness (QED) is 0.472. The summed E-state index contributed by atoms with van der Waals surface area (Å²) in [6.07, 6.45) is 5.13. The van der Waals surface area contributed by atoms with Crippen LogP contribution in [0.2, 0.25) is 0 Å². The zero-order chi connectivity index (χ0) is 19.0. The number of hydrogen-bond acceptors (Lipinski definition) is 0. The molecule has 1 aliphatic carbocycles. The van der Waals surface area contributed by atoms with Gasteiger partial charge < -0.3 is 0 Å². The Kier molecular flexibility index (Phi) is 4.77. The van der Waals surface area contributed by atoms with E-state index in [0.29, 0.717) is 11.1 Å². The van der Waals surface area contributed by atoms with Crippen LogP contribution >= 0.6 is 0 Å². The highest BCUT2D eigenvalue weighted by Gasteiger charge is 2.20. The summed E-state index contributed by atoms with van der Waals surface area (Å²) >= 11 is 0. The molecular weight excluding hydrogens is 345 g/mol. The molecule has 0 aliphatic heterocycles. The topological polar surface area (TPSA) is 0 Å². The van der Waals surface area contributed by atoms with Crippen molar-refractivity contribution < 1.29 is 13.2 Å². The molecule has 4 rings (SSSR count). The van der Waals surface area contributed by atoms with Crippen molar-refractivity contribution in [3.05, 3.63) is 82.7 Å². The van der Waals surface area contributed by atoms with Gasteiger partial charge in [0, 0.05) is 5.56 Å². The average molecular weight is 366 g/mol. The summed E-state index contributed by atoms with van der Waals surface area (Å²) in [5.74, 6) is -2.30. The van der Waals surface area contributed by atoms with Gasteiger partial charge in [-0.05, 0) is 83.3 Å². The molecule has 1 aliphatic rings. The van der Waals surface area contributed by atoms with Crippen LogP contribution in [0, 0.1) is 17.5 Å². The Labute approximate surface area is 157 Å². The third-order valence-electron chi connectivity index (χ3n) is 5.37.